The van der Waals surface area contributed by atoms with Gasteiger partial charge < -0.3 is 19.7 Å². The van der Waals surface area contributed by atoms with Gasteiger partial charge in [0, 0.05) is 36.7 Å². The third-order valence-electron chi connectivity index (χ3n) is 5.50. The molecule has 33 heavy (non-hydrogen) atoms. The minimum Gasteiger partial charge on any atom is -0.355 e. The van der Waals surface area contributed by atoms with Gasteiger partial charge in [0.2, 0.25) is 5.91 Å². The van der Waals surface area contributed by atoms with Crippen LogP contribution in [0.15, 0.2) is 65.2 Å². The number of hydrogen-bond acceptors (Lipinski definition) is 6. The van der Waals surface area contributed by atoms with E-state index in [1.54, 1.807) is 6.07 Å². The summed E-state index contributed by atoms with van der Waals surface area (Å²) in [7, 11) is 0. The van der Waals surface area contributed by atoms with Crippen molar-refractivity contribution in [2.24, 2.45) is 0 Å². The molecular weight excluding hydrogens is 420 g/mol. The van der Waals surface area contributed by atoms with E-state index in [9.17, 15) is 9.59 Å². The van der Waals surface area contributed by atoms with Crippen molar-refractivity contribution in [1.82, 2.24) is 25.2 Å². The van der Waals surface area contributed by atoms with E-state index in [4.69, 9.17) is 4.52 Å². The van der Waals surface area contributed by atoms with Crippen LogP contribution in [0.25, 0.3) is 11.3 Å². The fourth-order valence-corrected chi connectivity index (χ4v) is 3.81. The van der Waals surface area contributed by atoms with E-state index in [2.05, 4.69) is 30.6 Å². The lowest BCUT2D eigenvalue weighted by Gasteiger charge is -2.07. The zero-order valence-electron chi connectivity index (χ0n) is 17.8. The van der Waals surface area contributed by atoms with Crippen LogP contribution in [0.1, 0.15) is 34.1 Å². The molecule has 2 N–H and O–H groups in total. The summed E-state index contributed by atoms with van der Waals surface area (Å²) in [6, 6.07) is 18.5. The Labute approximate surface area is 189 Å². The number of rotatable bonds is 7. The van der Waals surface area contributed by atoms with Gasteiger partial charge in [-0.05, 0) is 24.1 Å². The van der Waals surface area contributed by atoms with E-state index in [-0.39, 0.29) is 18.1 Å². The first-order valence-electron chi connectivity index (χ1n) is 10.8. The van der Waals surface area contributed by atoms with Gasteiger partial charge in [-0.1, -0.05) is 47.6 Å². The van der Waals surface area contributed by atoms with Gasteiger partial charge in [-0.15, -0.1) is 10.2 Å². The summed E-state index contributed by atoms with van der Waals surface area (Å²) in [5.74, 6) is 1.69. The average molecular weight is 442 g/mol. The molecule has 0 radical (unpaired) electrons. The highest BCUT2D eigenvalue weighted by Gasteiger charge is 2.17. The van der Waals surface area contributed by atoms with Crippen LogP contribution >= 0.6 is 0 Å². The Morgan fingerprint density at radius 3 is 2.67 bits per heavy atom. The lowest BCUT2D eigenvalue weighted by atomic mass is 10.1. The molecule has 1 aliphatic heterocycles. The summed E-state index contributed by atoms with van der Waals surface area (Å²) in [4.78, 5) is 24.5. The van der Waals surface area contributed by atoms with Crippen LogP contribution in [-0.2, 0) is 24.2 Å². The fourth-order valence-electron chi connectivity index (χ4n) is 3.81. The first-order chi connectivity index (χ1) is 16.2. The molecule has 2 amide bonds. The fraction of sp³-hybridized carbons (Fsp3) is 0.208. The number of nitrogens with zero attached hydrogens (tertiary/aromatic N) is 4. The van der Waals surface area contributed by atoms with Crippen molar-refractivity contribution in [3.05, 3.63) is 83.6 Å². The van der Waals surface area contributed by atoms with E-state index in [1.807, 2.05) is 54.6 Å². The van der Waals surface area contributed by atoms with Crippen LogP contribution in [0.4, 0.5) is 5.69 Å². The maximum absolute atomic E-state index is 12.3. The molecule has 9 nitrogen and oxygen atoms in total. The normalized spacial score (nSPS) is 12.4. The van der Waals surface area contributed by atoms with Crippen LogP contribution < -0.4 is 10.6 Å². The first-order valence-corrected chi connectivity index (χ1v) is 10.8. The zero-order valence-corrected chi connectivity index (χ0v) is 17.8. The van der Waals surface area contributed by atoms with E-state index < -0.39 is 5.91 Å². The quantitative estimate of drug-likeness (QED) is 0.455. The molecule has 5 rings (SSSR count). The SMILES string of the molecule is O=C(CNC(=O)c1cc(-c2ccccc2)on1)Nc1ccc(Cc2nnc3n2CCC3)cc1. The van der Waals surface area contributed by atoms with Crippen LogP contribution in [-0.4, -0.2) is 38.3 Å². The molecule has 0 saturated heterocycles. The van der Waals surface area contributed by atoms with Gasteiger partial charge in [0.15, 0.2) is 11.5 Å². The van der Waals surface area contributed by atoms with Crippen molar-refractivity contribution < 1.29 is 14.1 Å². The van der Waals surface area contributed by atoms with Gasteiger partial charge >= 0.3 is 0 Å². The molecule has 4 aromatic rings. The second kappa shape index (κ2) is 9.07. The molecule has 9 heteroatoms. The topological polar surface area (TPSA) is 115 Å². The van der Waals surface area contributed by atoms with Crippen LogP contribution in [0.5, 0.6) is 0 Å². The summed E-state index contributed by atoms with van der Waals surface area (Å²) in [6.07, 6.45) is 2.80. The Hall–Kier alpha value is -4.27. The van der Waals surface area contributed by atoms with Gasteiger partial charge in [0.05, 0.1) is 6.54 Å². The third kappa shape index (κ3) is 4.67. The number of carbonyl (C=O) groups excluding carboxylic acids is 2. The van der Waals surface area contributed by atoms with Gasteiger partial charge in [-0.3, -0.25) is 9.59 Å². The molecular formula is C24H22N6O3. The van der Waals surface area contributed by atoms with Gasteiger partial charge in [-0.25, -0.2) is 0 Å². The standard InChI is InChI=1S/C24H22N6O3/c31-23(15-25-24(32)19-14-20(33-29-19)17-5-2-1-3-6-17)26-18-10-8-16(9-11-18)13-22-28-27-21-7-4-12-30(21)22/h1-3,5-6,8-11,14H,4,7,12-13,15H2,(H,25,32)(H,26,31). The average Bonchev–Trinajstić information content (AvgIpc) is 3.58. The summed E-state index contributed by atoms with van der Waals surface area (Å²) in [6.45, 7) is 0.791. The number of benzene rings is 2. The molecule has 2 aromatic heterocycles. The molecule has 0 fully saturated rings. The Morgan fingerprint density at radius 1 is 1.03 bits per heavy atom. The summed E-state index contributed by atoms with van der Waals surface area (Å²) in [5, 5.41) is 17.6. The summed E-state index contributed by atoms with van der Waals surface area (Å²) < 4.78 is 7.40. The van der Waals surface area contributed by atoms with Crippen LogP contribution in [0, 0.1) is 0 Å². The number of fused-ring (bicyclic) bond motifs is 1. The largest absolute Gasteiger partial charge is 0.355 e. The number of anilines is 1. The maximum atomic E-state index is 12.3. The van der Waals surface area contributed by atoms with Crippen molar-refractivity contribution in [2.45, 2.75) is 25.8 Å². The van der Waals surface area contributed by atoms with E-state index in [0.717, 1.165) is 42.2 Å². The minimum atomic E-state index is -0.479. The Bertz CT molecular complexity index is 1280. The lowest BCUT2D eigenvalue weighted by molar-refractivity contribution is -0.115. The van der Waals surface area contributed by atoms with E-state index >= 15 is 0 Å². The number of nitrogens with one attached hydrogen (secondary N) is 2. The van der Waals surface area contributed by atoms with Gasteiger partial charge in [0.25, 0.3) is 5.91 Å². The number of hydrogen-bond donors (Lipinski definition) is 2. The zero-order chi connectivity index (χ0) is 22.6. The predicted octanol–water partition coefficient (Wildman–Crippen LogP) is 2.84. The van der Waals surface area contributed by atoms with Gasteiger partial charge in [0.1, 0.15) is 11.6 Å². The second-order valence-electron chi connectivity index (χ2n) is 7.83. The molecule has 0 saturated carbocycles. The van der Waals surface area contributed by atoms with Crippen LogP contribution in [0.3, 0.4) is 0 Å². The van der Waals surface area contributed by atoms with Crippen LogP contribution in [0.2, 0.25) is 0 Å². The molecule has 3 heterocycles. The molecule has 2 aromatic carbocycles. The smallest absolute Gasteiger partial charge is 0.273 e. The first kappa shape index (κ1) is 20.6. The highest BCUT2D eigenvalue weighted by molar-refractivity contribution is 5.98. The van der Waals surface area contributed by atoms with Crippen molar-refractivity contribution in [1.29, 1.82) is 0 Å². The van der Waals surface area contributed by atoms with Crippen molar-refractivity contribution in [3.63, 3.8) is 0 Å². The lowest BCUT2D eigenvalue weighted by Crippen LogP contribution is -2.33. The molecule has 0 aliphatic carbocycles. The molecule has 0 spiro atoms. The predicted molar refractivity (Wildman–Crippen MR) is 120 cm³/mol. The Morgan fingerprint density at radius 2 is 1.85 bits per heavy atom. The highest BCUT2D eigenvalue weighted by Crippen LogP contribution is 2.20. The monoisotopic (exact) mass is 442 g/mol. The van der Waals surface area contributed by atoms with Crippen molar-refractivity contribution in [2.75, 3.05) is 11.9 Å². The second-order valence-corrected chi connectivity index (χ2v) is 7.83. The number of aryl methyl sites for hydroxylation is 1. The minimum absolute atomic E-state index is 0.117. The maximum Gasteiger partial charge on any atom is 0.273 e. The molecule has 0 atom stereocenters. The summed E-state index contributed by atoms with van der Waals surface area (Å²) in [5.41, 5.74) is 2.67. The molecule has 166 valence electrons. The molecule has 1 aliphatic rings. The number of carbonyl (C=O) groups is 2. The number of amides is 2. The number of aromatic nitrogens is 4. The summed E-state index contributed by atoms with van der Waals surface area (Å²) >= 11 is 0. The third-order valence-corrected chi connectivity index (χ3v) is 5.50. The van der Waals surface area contributed by atoms with E-state index in [0.29, 0.717) is 17.9 Å². The van der Waals surface area contributed by atoms with Crippen molar-refractivity contribution >= 4 is 17.5 Å². The highest BCUT2D eigenvalue weighted by atomic mass is 16.5. The van der Waals surface area contributed by atoms with Gasteiger partial charge in [-0.2, -0.15) is 0 Å². The molecule has 0 unspecified atom stereocenters. The Kier molecular flexibility index (Phi) is 5.67. The van der Waals surface area contributed by atoms with E-state index in [1.165, 1.54) is 0 Å². The molecule has 0 bridgehead atoms. The van der Waals surface area contributed by atoms with Crippen molar-refractivity contribution in [3.8, 4) is 11.3 Å². The Balaban J connectivity index is 1.12.